The van der Waals surface area contributed by atoms with Crippen LogP contribution in [-0.2, 0) is 6.54 Å². The fourth-order valence-corrected chi connectivity index (χ4v) is 2.90. The van der Waals surface area contributed by atoms with Gasteiger partial charge in [-0.25, -0.2) is 9.37 Å². The Morgan fingerprint density at radius 2 is 2.00 bits per heavy atom. The van der Waals surface area contributed by atoms with Crippen molar-refractivity contribution < 1.29 is 9.50 Å². The number of fused-ring (bicyclic) bond motifs is 1. The zero-order valence-electron chi connectivity index (χ0n) is 11.7. The van der Waals surface area contributed by atoms with Gasteiger partial charge in [-0.3, -0.25) is 9.36 Å². The average molecular weight is 353 g/mol. The summed E-state index contributed by atoms with van der Waals surface area (Å²) in [5.41, 5.74) is 0.0381. The Morgan fingerprint density at radius 3 is 2.74 bits per heavy atom. The van der Waals surface area contributed by atoms with Crippen molar-refractivity contribution in [1.29, 1.82) is 0 Å². The second kappa shape index (κ2) is 6.28. The van der Waals surface area contributed by atoms with Gasteiger partial charge in [0.05, 0.1) is 34.9 Å². The SMILES string of the molecule is O=c1c2cc(Cl)cc(Cl)c2ncn1CC(O)c1ccccc1F. The van der Waals surface area contributed by atoms with Gasteiger partial charge in [0.15, 0.2) is 0 Å². The van der Waals surface area contributed by atoms with Crippen molar-refractivity contribution in [2.75, 3.05) is 0 Å². The molecule has 0 aliphatic heterocycles. The van der Waals surface area contributed by atoms with Crippen molar-refractivity contribution in [2.24, 2.45) is 0 Å². The third-order valence-corrected chi connectivity index (χ3v) is 3.99. The van der Waals surface area contributed by atoms with Crippen molar-refractivity contribution in [3.63, 3.8) is 0 Å². The molecule has 0 saturated carbocycles. The first-order chi connectivity index (χ1) is 11.0. The van der Waals surface area contributed by atoms with Crippen LogP contribution in [-0.4, -0.2) is 14.7 Å². The minimum absolute atomic E-state index is 0.114. The van der Waals surface area contributed by atoms with E-state index >= 15 is 0 Å². The Labute approximate surface area is 140 Å². The van der Waals surface area contributed by atoms with Crippen LogP contribution >= 0.6 is 23.2 Å². The van der Waals surface area contributed by atoms with Gasteiger partial charge in [-0.15, -0.1) is 0 Å². The average Bonchev–Trinajstić information content (AvgIpc) is 2.51. The summed E-state index contributed by atoms with van der Waals surface area (Å²) in [6, 6.07) is 8.81. The van der Waals surface area contributed by atoms with Crippen LogP contribution in [0.1, 0.15) is 11.7 Å². The van der Waals surface area contributed by atoms with Gasteiger partial charge in [-0.05, 0) is 18.2 Å². The summed E-state index contributed by atoms with van der Waals surface area (Å²) >= 11 is 11.9. The lowest BCUT2D eigenvalue weighted by Crippen LogP contribution is -2.24. The molecule has 118 valence electrons. The predicted octanol–water partition coefficient (Wildman–Crippen LogP) is 3.58. The van der Waals surface area contributed by atoms with E-state index in [1.165, 1.54) is 41.2 Å². The summed E-state index contributed by atoms with van der Waals surface area (Å²) in [7, 11) is 0. The second-order valence-electron chi connectivity index (χ2n) is 5.02. The molecule has 0 amide bonds. The maximum Gasteiger partial charge on any atom is 0.261 e. The molecule has 1 atom stereocenters. The van der Waals surface area contributed by atoms with Gasteiger partial charge < -0.3 is 5.11 Å². The fraction of sp³-hybridized carbons (Fsp3) is 0.125. The van der Waals surface area contributed by atoms with E-state index in [1.807, 2.05) is 0 Å². The summed E-state index contributed by atoms with van der Waals surface area (Å²) in [6.45, 7) is -0.132. The highest BCUT2D eigenvalue weighted by Gasteiger charge is 2.15. The van der Waals surface area contributed by atoms with Gasteiger partial charge in [-0.2, -0.15) is 0 Å². The van der Waals surface area contributed by atoms with Gasteiger partial charge in [-0.1, -0.05) is 41.4 Å². The highest BCUT2D eigenvalue weighted by molar-refractivity contribution is 6.38. The van der Waals surface area contributed by atoms with Crippen LogP contribution in [0.3, 0.4) is 0 Å². The molecule has 0 saturated heterocycles. The molecule has 0 aliphatic carbocycles. The first-order valence-corrected chi connectivity index (χ1v) is 7.49. The monoisotopic (exact) mass is 352 g/mol. The van der Waals surface area contributed by atoms with Crippen molar-refractivity contribution >= 4 is 34.1 Å². The molecule has 1 aromatic heterocycles. The van der Waals surface area contributed by atoms with E-state index in [9.17, 15) is 14.3 Å². The highest BCUT2D eigenvalue weighted by atomic mass is 35.5. The maximum atomic E-state index is 13.7. The number of aliphatic hydroxyl groups excluding tert-OH is 1. The van der Waals surface area contributed by atoms with Crippen molar-refractivity contribution in [2.45, 2.75) is 12.6 Å². The highest BCUT2D eigenvalue weighted by Crippen LogP contribution is 2.24. The lowest BCUT2D eigenvalue weighted by Gasteiger charge is -2.14. The van der Waals surface area contributed by atoms with Gasteiger partial charge in [0, 0.05) is 10.6 Å². The lowest BCUT2D eigenvalue weighted by molar-refractivity contribution is 0.150. The molecule has 0 fully saturated rings. The van der Waals surface area contributed by atoms with Crippen molar-refractivity contribution in [1.82, 2.24) is 9.55 Å². The van der Waals surface area contributed by atoms with Gasteiger partial charge in [0.2, 0.25) is 0 Å². The molecule has 23 heavy (non-hydrogen) atoms. The largest absolute Gasteiger partial charge is 0.386 e. The van der Waals surface area contributed by atoms with E-state index in [0.717, 1.165) is 0 Å². The molecule has 1 heterocycles. The Morgan fingerprint density at radius 1 is 1.26 bits per heavy atom. The van der Waals surface area contributed by atoms with Crippen LogP contribution in [0, 0.1) is 5.82 Å². The topological polar surface area (TPSA) is 55.1 Å². The van der Waals surface area contributed by atoms with Gasteiger partial charge in [0.1, 0.15) is 5.82 Å². The molecule has 3 aromatic rings. The van der Waals surface area contributed by atoms with Crippen LogP contribution in [0.15, 0.2) is 47.5 Å². The molecule has 0 aliphatic rings. The van der Waals surface area contributed by atoms with Crippen LogP contribution in [0.2, 0.25) is 10.0 Å². The zero-order chi connectivity index (χ0) is 16.6. The van der Waals surface area contributed by atoms with Crippen molar-refractivity contribution in [3.8, 4) is 0 Å². The molecule has 2 aromatic carbocycles. The minimum Gasteiger partial charge on any atom is -0.386 e. The summed E-state index contributed by atoms with van der Waals surface area (Å²) < 4.78 is 14.9. The van der Waals surface area contributed by atoms with Gasteiger partial charge in [0.25, 0.3) is 5.56 Å². The second-order valence-corrected chi connectivity index (χ2v) is 5.87. The van der Waals surface area contributed by atoms with Crippen LogP contribution in [0.25, 0.3) is 10.9 Å². The number of hydrogen-bond donors (Lipinski definition) is 1. The first kappa shape index (κ1) is 15.9. The quantitative estimate of drug-likeness (QED) is 0.783. The molecule has 0 spiro atoms. The zero-order valence-corrected chi connectivity index (χ0v) is 13.2. The molecule has 7 heteroatoms. The molecule has 1 N–H and O–H groups in total. The number of aliphatic hydroxyl groups is 1. The summed E-state index contributed by atoms with van der Waals surface area (Å²) in [5.74, 6) is -0.534. The molecule has 1 unspecified atom stereocenters. The fourth-order valence-electron chi connectivity index (χ4n) is 2.35. The van der Waals surface area contributed by atoms with E-state index in [0.29, 0.717) is 10.5 Å². The standard InChI is InChI=1S/C16H11Cl2FN2O2/c17-9-5-11-15(12(18)6-9)20-8-21(16(11)23)7-14(22)10-3-1-2-4-13(10)19/h1-6,8,14,22H,7H2. The number of nitrogens with zero attached hydrogens (tertiary/aromatic N) is 2. The van der Waals surface area contributed by atoms with E-state index < -0.39 is 17.5 Å². The predicted molar refractivity (Wildman–Crippen MR) is 87.4 cm³/mol. The third-order valence-electron chi connectivity index (χ3n) is 3.48. The summed E-state index contributed by atoms with van der Waals surface area (Å²) in [5, 5.41) is 11.0. The number of hydrogen-bond acceptors (Lipinski definition) is 3. The number of benzene rings is 2. The first-order valence-electron chi connectivity index (χ1n) is 6.74. The van der Waals surface area contributed by atoms with Gasteiger partial charge >= 0.3 is 0 Å². The van der Waals surface area contributed by atoms with Crippen LogP contribution < -0.4 is 5.56 Å². The normalized spacial score (nSPS) is 12.5. The Balaban J connectivity index is 2.03. The molecule has 3 rings (SSSR count). The van der Waals surface area contributed by atoms with Crippen LogP contribution in [0.5, 0.6) is 0 Å². The summed E-state index contributed by atoms with van der Waals surface area (Å²) in [4.78, 5) is 16.6. The number of aromatic nitrogens is 2. The lowest BCUT2D eigenvalue weighted by atomic mass is 10.1. The molecule has 4 nitrogen and oxygen atoms in total. The van der Waals surface area contributed by atoms with Crippen LogP contribution in [0.4, 0.5) is 4.39 Å². The minimum atomic E-state index is -1.18. The third kappa shape index (κ3) is 3.08. The Kier molecular flexibility index (Phi) is 4.35. The van der Waals surface area contributed by atoms with E-state index in [-0.39, 0.29) is 22.5 Å². The smallest absolute Gasteiger partial charge is 0.261 e. The molecular weight excluding hydrogens is 342 g/mol. The molecule has 0 radical (unpaired) electrons. The number of rotatable bonds is 3. The maximum absolute atomic E-state index is 13.7. The van der Waals surface area contributed by atoms with Crippen molar-refractivity contribution in [3.05, 3.63) is 74.5 Å². The molecule has 0 bridgehead atoms. The Bertz CT molecular complexity index is 943. The summed E-state index contributed by atoms with van der Waals surface area (Å²) in [6.07, 6.45) is 0.0944. The van der Waals surface area contributed by atoms with E-state index in [2.05, 4.69) is 4.98 Å². The molecular formula is C16H11Cl2FN2O2. The van der Waals surface area contributed by atoms with E-state index in [4.69, 9.17) is 23.2 Å². The van der Waals surface area contributed by atoms with E-state index in [1.54, 1.807) is 6.07 Å². The Hall–Kier alpha value is -1.95. The number of halogens is 3.